The van der Waals surface area contributed by atoms with Gasteiger partial charge in [-0.2, -0.15) is 0 Å². The summed E-state index contributed by atoms with van der Waals surface area (Å²) in [5, 5.41) is 4.37. The molecular weight excluding hydrogens is 338 g/mol. The summed E-state index contributed by atoms with van der Waals surface area (Å²) in [7, 11) is 4.04. The van der Waals surface area contributed by atoms with E-state index in [2.05, 4.69) is 14.9 Å². The molecular formula is C18H22ClN5O. The summed E-state index contributed by atoms with van der Waals surface area (Å²) in [6.07, 6.45) is 5.75. The van der Waals surface area contributed by atoms with Gasteiger partial charge in [0.2, 0.25) is 0 Å². The zero-order valence-corrected chi connectivity index (χ0v) is 15.2. The van der Waals surface area contributed by atoms with Gasteiger partial charge in [-0.25, -0.2) is 9.97 Å². The average molecular weight is 360 g/mol. The highest BCUT2D eigenvalue weighted by Crippen LogP contribution is 2.28. The summed E-state index contributed by atoms with van der Waals surface area (Å²) in [6.45, 7) is 1.48. The summed E-state index contributed by atoms with van der Waals surface area (Å²) >= 11 is 6.10. The molecule has 0 saturated carbocycles. The van der Waals surface area contributed by atoms with E-state index in [1.165, 1.54) is 0 Å². The smallest absolute Gasteiger partial charge is 0.123 e. The standard InChI is InChI=1S/C18H22ClN5O/c1-23-11-20-9-16(23)17-8-13(5-6-25-17)21-10-18-22-14-4-3-12(19)7-15(14)24(18)2/h3-4,7,9,11,13,17,21H,5-6,8,10H2,1-2H3/t13-,17-/m1/s1. The van der Waals surface area contributed by atoms with Crippen LogP contribution < -0.4 is 5.32 Å². The van der Waals surface area contributed by atoms with Gasteiger partial charge in [-0.3, -0.25) is 0 Å². The highest BCUT2D eigenvalue weighted by Gasteiger charge is 2.25. The Bertz CT molecular complexity index is 887. The first-order valence-electron chi connectivity index (χ1n) is 8.54. The molecule has 0 bridgehead atoms. The van der Waals surface area contributed by atoms with E-state index in [9.17, 15) is 0 Å². The number of aryl methyl sites for hydroxylation is 2. The predicted molar refractivity (Wildman–Crippen MR) is 97.5 cm³/mol. The second kappa shape index (κ2) is 6.78. The normalized spacial score (nSPS) is 21.1. The molecule has 25 heavy (non-hydrogen) atoms. The molecule has 132 valence electrons. The van der Waals surface area contributed by atoms with Crippen molar-refractivity contribution in [1.82, 2.24) is 24.4 Å². The average Bonchev–Trinajstić information content (AvgIpc) is 3.17. The highest BCUT2D eigenvalue weighted by molar-refractivity contribution is 6.31. The number of benzene rings is 1. The van der Waals surface area contributed by atoms with Crippen molar-refractivity contribution in [2.24, 2.45) is 14.1 Å². The summed E-state index contributed by atoms with van der Waals surface area (Å²) < 4.78 is 10.1. The monoisotopic (exact) mass is 359 g/mol. The maximum atomic E-state index is 6.10. The van der Waals surface area contributed by atoms with E-state index in [1.807, 2.05) is 49.4 Å². The van der Waals surface area contributed by atoms with Crippen molar-refractivity contribution in [3.63, 3.8) is 0 Å². The molecule has 2 aromatic heterocycles. The molecule has 0 spiro atoms. The largest absolute Gasteiger partial charge is 0.372 e. The lowest BCUT2D eigenvalue weighted by Crippen LogP contribution is -2.36. The Kier molecular flexibility index (Phi) is 4.50. The number of nitrogens with zero attached hydrogens (tertiary/aromatic N) is 4. The van der Waals surface area contributed by atoms with E-state index in [0.717, 1.165) is 53.6 Å². The van der Waals surface area contributed by atoms with Crippen LogP contribution in [-0.4, -0.2) is 31.8 Å². The minimum atomic E-state index is 0.0954. The molecule has 1 N–H and O–H groups in total. The molecule has 1 aromatic carbocycles. The molecule has 3 heterocycles. The van der Waals surface area contributed by atoms with Crippen molar-refractivity contribution in [3.05, 3.63) is 47.3 Å². The van der Waals surface area contributed by atoms with Crippen molar-refractivity contribution in [2.45, 2.75) is 31.5 Å². The summed E-state index contributed by atoms with van der Waals surface area (Å²) in [6, 6.07) is 6.20. The molecule has 0 amide bonds. The molecule has 0 aliphatic carbocycles. The second-order valence-electron chi connectivity index (χ2n) is 6.61. The molecule has 3 aromatic rings. The van der Waals surface area contributed by atoms with Gasteiger partial charge >= 0.3 is 0 Å². The number of imidazole rings is 2. The number of ether oxygens (including phenoxy) is 1. The lowest BCUT2D eigenvalue weighted by atomic mass is 10.0. The molecule has 1 aliphatic heterocycles. The molecule has 0 unspecified atom stereocenters. The van der Waals surface area contributed by atoms with E-state index < -0.39 is 0 Å². The third-order valence-corrected chi connectivity index (χ3v) is 5.19. The van der Waals surface area contributed by atoms with Gasteiger partial charge in [-0.15, -0.1) is 0 Å². The van der Waals surface area contributed by atoms with Gasteiger partial charge in [0.05, 0.1) is 35.8 Å². The SMILES string of the molecule is Cn1cncc1[C@H]1C[C@H](NCc2nc3ccc(Cl)cc3n2C)CCO1. The van der Waals surface area contributed by atoms with Gasteiger partial charge in [0.25, 0.3) is 0 Å². The quantitative estimate of drug-likeness (QED) is 0.778. The van der Waals surface area contributed by atoms with Crippen molar-refractivity contribution in [2.75, 3.05) is 6.61 Å². The minimum Gasteiger partial charge on any atom is -0.372 e. The zero-order chi connectivity index (χ0) is 17.4. The van der Waals surface area contributed by atoms with Crippen LogP contribution in [0.1, 0.15) is 30.5 Å². The number of halogens is 1. The number of rotatable bonds is 4. The number of hydrogen-bond acceptors (Lipinski definition) is 4. The predicted octanol–water partition coefficient (Wildman–Crippen LogP) is 2.97. The zero-order valence-electron chi connectivity index (χ0n) is 14.4. The topological polar surface area (TPSA) is 56.9 Å². The third kappa shape index (κ3) is 3.29. The Hall–Kier alpha value is -1.89. The van der Waals surface area contributed by atoms with Crippen LogP contribution in [-0.2, 0) is 25.4 Å². The molecule has 1 fully saturated rings. The Balaban J connectivity index is 1.44. The molecule has 6 nitrogen and oxygen atoms in total. The minimum absolute atomic E-state index is 0.0954. The maximum absolute atomic E-state index is 6.10. The highest BCUT2D eigenvalue weighted by atomic mass is 35.5. The van der Waals surface area contributed by atoms with Crippen molar-refractivity contribution >= 4 is 22.6 Å². The van der Waals surface area contributed by atoms with Crippen molar-refractivity contribution < 1.29 is 4.74 Å². The van der Waals surface area contributed by atoms with Crippen LogP contribution in [0.15, 0.2) is 30.7 Å². The van der Waals surface area contributed by atoms with E-state index in [0.29, 0.717) is 6.04 Å². The number of fused-ring (bicyclic) bond motifs is 1. The molecule has 1 saturated heterocycles. The van der Waals surface area contributed by atoms with Crippen molar-refractivity contribution in [3.8, 4) is 0 Å². The van der Waals surface area contributed by atoms with Crippen LogP contribution >= 0.6 is 11.6 Å². The Morgan fingerprint density at radius 3 is 3.04 bits per heavy atom. The Morgan fingerprint density at radius 2 is 2.24 bits per heavy atom. The van der Waals surface area contributed by atoms with Gasteiger partial charge in [0.15, 0.2) is 0 Å². The van der Waals surface area contributed by atoms with Gasteiger partial charge in [0.1, 0.15) is 11.9 Å². The van der Waals surface area contributed by atoms with Gasteiger partial charge in [-0.1, -0.05) is 11.6 Å². The molecule has 4 rings (SSSR count). The van der Waals surface area contributed by atoms with Gasteiger partial charge in [0, 0.05) is 31.8 Å². The fourth-order valence-electron chi connectivity index (χ4n) is 3.47. The Morgan fingerprint density at radius 1 is 1.36 bits per heavy atom. The van der Waals surface area contributed by atoms with Gasteiger partial charge < -0.3 is 19.2 Å². The van der Waals surface area contributed by atoms with Crippen LogP contribution in [0.5, 0.6) is 0 Å². The van der Waals surface area contributed by atoms with E-state index >= 15 is 0 Å². The van der Waals surface area contributed by atoms with Crippen LogP contribution in [0.2, 0.25) is 5.02 Å². The van der Waals surface area contributed by atoms with Crippen molar-refractivity contribution in [1.29, 1.82) is 0 Å². The fourth-order valence-corrected chi connectivity index (χ4v) is 3.64. The first kappa shape index (κ1) is 16.6. The van der Waals surface area contributed by atoms with Gasteiger partial charge in [-0.05, 0) is 31.0 Å². The molecule has 1 aliphatic rings. The summed E-state index contributed by atoms with van der Waals surface area (Å²) in [5.74, 6) is 1.01. The van der Waals surface area contributed by atoms with Crippen LogP contribution in [0.4, 0.5) is 0 Å². The fraction of sp³-hybridized carbons (Fsp3) is 0.444. The number of hydrogen-bond donors (Lipinski definition) is 1. The lowest BCUT2D eigenvalue weighted by molar-refractivity contribution is -0.00417. The third-order valence-electron chi connectivity index (χ3n) is 4.95. The van der Waals surface area contributed by atoms with Crippen LogP contribution in [0, 0.1) is 0 Å². The Labute approximate surface area is 151 Å². The number of aromatic nitrogens is 4. The van der Waals surface area contributed by atoms with E-state index in [1.54, 1.807) is 0 Å². The first-order valence-corrected chi connectivity index (χ1v) is 8.91. The lowest BCUT2D eigenvalue weighted by Gasteiger charge is -2.30. The molecule has 2 atom stereocenters. The summed E-state index contributed by atoms with van der Waals surface area (Å²) in [4.78, 5) is 8.91. The van der Waals surface area contributed by atoms with Crippen LogP contribution in [0.3, 0.4) is 0 Å². The second-order valence-corrected chi connectivity index (χ2v) is 7.05. The number of nitrogens with one attached hydrogen (secondary N) is 1. The van der Waals surface area contributed by atoms with Crippen LogP contribution in [0.25, 0.3) is 11.0 Å². The van der Waals surface area contributed by atoms with E-state index in [4.69, 9.17) is 21.3 Å². The first-order chi connectivity index (χ1) is 12.1. The summed E-state index contributed by atoms with van der Waals surface area (Å²) in [5.41, 5.74) is 3.16. The maximum Gasteiger partial charge on any atom is 0.123 e. The molecule has 0 radical (unpaired) electrons. The van der Waals surface area contributed by atoms with E-state index in [-0.39, 0.29) is 6.10 Å². The molecule has 7 heteroatoms.